The minimum Gasteiger partial charge on any atom is -0.359 e. The molecule has 0 radical (unpaired) electrons. The van der Waals surface area contributed by atoms with Crippen molar-refractivity contribution in [2.75, 3.05) is 26.7 Å². The first-order valence-electron chi connectivity index (χ1n) is 10.1. The van der Waals surface area contributed by atoms with Crippen LogP contribution in [0.4, 0.5) is 0 Å². The van der Waals surface area contributed by atoms with Gasteiger partial charge in [-0.2, -0.15) is 5.10 Å². The summed E-state index contributed by atoms with van der Waals surface area (Å²) in [5, 5.41) is 9.74. The molecule has 1 aromatic heterocycles. The molecule has 2 heterocycles. The number of aryl methyl sites for hydroxylation is 1. The van der Waals surface area contributed by atoms with Gasteiger partial charge in [-0.1, -0.05) is 13.3 Å². The van der Waals surface area contributed by atoms with Crippen molar-refractivity contribution in [3.8, 4) is 0 Å². The smallest absolute Gasteiger partial charge is 0.241 e. The van der Waals surface area contributed by atoms with Crippen LogP contribution >= 0.6 is 0 Å². The number of nitrogens with zero attached hydrogens (tertiary/aromatic N) is 4. The molecule has 1 aliphatic heterocycles. The molecule has 1 atom stereocenters. The van der Waals surface area contributed by atoms with E-state index in [1.807, 2.05) is 9.58 Å². The Labute approximate surface area is 166 Å². The van der Waals surface area contributed by atoms with Crippen LogP contribution < -0.4 is 10.6 Å². The summed E-state index contributed by atoms with van der Waals surface area (Å²) in [7, 11) is 1.61. The number of rotatable bonds is 8. The van der Waals surface area contributed by atoms with Crippen LogP contribution in [0.25, 0.3) is 0 Å². The van der Waals surface area contributed by atoms with Crippen LogP contribution in [0.5, 0.6) is 0 Å². The van der Waals surface area contributed by atoms with Crippen LogP contribution in [0.3, 0.4) is 0 Å². The van der Waals surface area contributed by atoms with Gasteiger partial charge in [0.2, 0.25) is 17.7 Å². The fourth-order valence-electron chi connectivity index (χ4n) is 3.40. The highest BCUT2D eigenvalue weighted by Gasteiger charge is 2.26. The highest BCUT2D eigenvalue weighted by Crippen LogP contribution is 2.27. The fourth-order valence-corrected chi connectivity index (χ4v) is 3.40. The second kappa shape index (κ2) is 10.8. The van der Waals surface area contributed by atoms with Crippen LogP contribution in [0, 0.1) is 0 Å². The molecule has 9 heteroatoms. The average Bonchev–Trinajstić information content (AvgIpc) is 2.90. The Hall–Kier alpha value is -2.45. The van der Waals surface area contributed by atoms with Gasteiger partial charge in [-0.05, 0) is 25.7 Å². The molecule has 2 N–H and O–H groups in total. The number of hydrogen-bond acceptors (Lipinski definition) is 5. The molecule has 1 fully saturated rings. The first kappa shape index (κ1) is 21.8. The molecule has 28 heavy (non-hydrogen) atoms. The first-order valence-corrected chi connectivity index (χ1v) is 10.1. The van der Waals surface area contributed by atoms with E-state index in [9.17, 15) is 14.4 Å². The second-order valence-electron chi connectivity index (χ2n) is 7.23. The Bertz CT molecular complexity index is 687. The minimum atomic E-state index is -0.200. The standard InChI is InChI=1S/C19H32N6O3/c1-4-5-10-25-19(22-16(23-25)12-17(27)20-3)15-7-6-9-24(11-8-15)18(28)13-21-14(2)26/h15H,4-13H2,1-3H3,(H,20,27)(H,21,26). The van der Waals surface area contributed by atoms with E-state index in [1.165, 1.54) is 6.92 Å². The summed E-state index contributed by atoms with van der Waals surface area (Å²) in [5.74, 6) is 1.32. The van der Waals surface area contributed by atoms with Crippen molar-refractivity contribution in [3.05, 3.63) is 11.6 Å². The molecular weight excluding hydrogens is 360 g/mol. The van der Waals surface area contributed by atoms with Crippen molar-refractivity contribution >= 4 is 17.7 Å². The zero-order valence-corrected chi connectivity index (χ0v) is 17.2. The molecule has 0 aromatic carbocycles. The van der Waals surface area contributed by atoms with Crippen LogP contribution in [0.1, 0.15) is 63.5 Å². The van der Waals surface area contributed by atoms with Gasteiger partial charge in [-0.3, -0.25) is 14.4 Å². The minimum absolute atomic E-state index is 0.0446. The molecule has 2 rings (SSSR count). The normalized spacial score (nSPS) is 17.1. The van der Waals surface area contributed by atoms with E-state index in [-0.39, 0.29) is 36.6 Å². The predicted molar refractivity (Wildman–Crippen MR) is 105 cm³/mol. The van der Waals surface area contributed by atoms with E-state index in [1.54, 1.807) is 7.05 Å². The van der Waals surface area contributed by atoms with Gasteiger partial charge in [0.25, 0.3) is 0 Å². The molecule has 0 spiro atoms. The molecule has 0 bridgehead atoms. The van der Waals surface area contributed by atoms with Crippen molar-refractivity contribution in [3.63, 3.8) is 0 Å². The van der Waals surface area contributed by atoms with Gasteiger partial charge in [0.15, 0.2) is 5.82 Å². The summed E-state index contributed by atoms with van der Waals surface area (Å²) in [5.41, 5.74) is 0. The molecule has 156 valence electrons. The Morgan fingerprint density at radius 3 is 2.68 bits per heavy atom. The highest BCUT2D eigenvalue weighted by atomic mass is 16.2. The van der Waals surface area contributed by atoms with E-state index in [0.29, 0.717) is 18.9 Å². The quantitative estimate of drug-likeness (QED) is 0.673. The molecule has 9 nitrogen and oxygen atoms in total. The average molecular weight is 393 g/mol. The Balaban J connectivity index is 2.07. The molecular formula is C19H32N6O3. The zero-order chi connectivity index (χ0) is 20.5. The van der Waals surface area contributed by atoms with Crippen molar-refractivity contribution in [1.82, 2.24) is 30.3 Å². The van der Waals surface area contributed by atoms with Crippen molar-refractivity contribution in [1.29, 1.82) is 0 Å². The summed E-state index contributed by atoms with van der Waals surface area (Å²) < 4.78 is 1.95. The number of likely N-dealkylation sites (tertiary alicyclic amines) is 1. The first-order chi connectivity index (χ1) is 13.4. The Morgan fingerprint density at radius 2 is 2.00 bits per heavy atom. The maximum Gasteiger partial charge on any atom is 0.241 e. The molecule has 1 unspecified atom stereocenters. The van der Waals surface area contributed by atoms with Gasteiger partial charge >= 0.3 is 0 Å². The van der Waals surface area contributed by atoms with Crippen LogP contribution in [0.2, 0.25) is 0 Å². The molecule has 1 aliphatic rings. The van der Waals surface area contributed by atoms with Gasteiger partial charge in [0.1, 0.15) is 5.82 Å². The molecule has 3 amide bonds. The number of unbranched alkanes of at least 4 members (excludes halogenated alkanes) is 1. The maximum atomic E-state index is 12.3. The lowest BCUT2D eigenvalue weighted by atomic mass is 10.00. The third-order valence-corrected chi connectivity index (χ3v) is 5.00. The highest BCUT2D eigenvalue weighted by molar-refractivity contribution is 5.83. The number of carbonyl (C=O) groups excluding carboxylic acids is 3. The number of amides is 3. The lowest BCUT2D eigenvalue weighted by Crippen LogP contribution is -2.40. The predicted octanol–water partition coefficient (Wildman–Crippen LogP) is 0.599. The maximum absolute atomic E-state index is 12.3. The number of hydrogen-bond donors (Lipinski definition) is 2. The third kappa shape index (κ3) is 6.31. The van der Waals surface area contributed by atoms with Gasteiger partial charge in [-0.15, -0.1) is 0 Å². The van der Waals surface area contributed by atoms with Gasteiger partial charge < -0.3 is 15.5 Å². The molecule has 0 aliphatic carbocycles. The summed E-state index contributed by atoms with van der Waals surface area (Å²) >= 11 is 0. The van der Waals surface area contributed by atoms with Gasteiger partial charge in [0.05, 0.1) is 13.0 Å². The monoisotopic (exact) mass is 392 g/mol. The molecule has 0 saturated carbocycles. The number of likely N-dealkylation sites (N-methyl/N-ethyl adjacent to an activating group) is 1. The number of carbonyl (C=O) groups is 3. The molecule has 1 aromatic rings. The lowest BCUT2D eigenvalue weighted by molar-refractivity contribution is -0.132. The zero-order valence-electron chi connectivity index (χ0n) is 17.2. The second-order valence-corrected chi connectivity index (χ2v) is 7.23. The van der Waals surface area contributed by atoms with Gasteiger partial charge in [0, 0.05) is 39.5 Å². The van der Waals surface area contributed by atoms with E-state index in [2.05, 4.69) is 27.6 Å². The summed E-state index contributed by atoms with van der Waals surface area (Å²) in [6.07, 6.45) is 4.84. The van der Waals surface area contributed by atoms with E-state index in [4.69, 9.17) is 0 Å². The fraction of sp³-hybridized carbons (Fsp3) is 0.737. The lowest BCUT2D eigenvalue weighted by Gasteiger charge is -2.20. The Kier molecular flexibility index (Phi) is 8.41. The van der Waals surface area contributed by atoms with Crippen LogP contribution in [-0.2, 0) is 27.3 Å². The number of nitrogens with one attached hydrogen (secondary N) is 2. The van der Waals surface area contributed by atoms with Crippen molar-refractivity contribution in [2.45, 2.75) is 64.8 Å². The Morgan fingerprint density at radius 1 is 1.21 bits per heavy atom. The number of aromatic nitrogens is 3. The van der Waals surface area contributed by atoms with E-state index >= 15 is 0 Å². The van der Waals surface area contributed by atoms with E-state index < -0.39 is 0 Å². The van der Waals surface area contributed by atoms with Crippen molar-refractivity contribution < 1.29 is 14.4 Å². The van der Waals surface area contributed by atoms with Crippen LogP contribution in [-0.4, -0.2) is 64.1 Å². The van der Waals surface area contributed by atoms with Gasteiger partial charge in [-0.25, -0.2) is 9.67 Å². The van der Waals surface area contributed by atoms with Crippen molar-refractivity contribution in [2.24, 2.45) is 0 Å². The van der Waals surface area contributed by atoms with E-state index in [0.717, 1.165) is 44.5 Å². The third-order valence-electron chi connectivity index (χ3n) is 5.00. The summed E-state index contributed by atoms with van der Waals surface area (Å²) in [6, 6.07) is 0. The SMILES string of the molecule is CCCCn1nc(CC(=O)NC)nc1C1CCCN(C(=O)CNC(C)=O)CC1. The largest absolute Gasteiger partial charge is 0.359 e. The summed E-state index contributed by atoms with van der Waals surface area (Å²) in [6.45, 7) is 5.69. The topological polar surface area (TPSA) is 109 Å². The van der Waals surface area contributed by atoms with Crippen LogP contribution in [0.15, 0.2) is 0 Å². The summed E-state index contributed by atoms with van der Waals surface area (Å²) in [4.78, 5) is 41.5. The molecule has 1 saturated heterocycles.